The molecule has 0 aliphatic heterocycles. The second-order valence-electron chi connectivity index (χ2n) is 3.09. The smallest absolute Gasteiger partial charge is 0.878 e. The zero-order valence-corrected chi connectivity index (χ0v) is 11.0. The van der Waals surface area contributed by atoms with Crippen LogP contribution in [0.3, 0.4) is 0 Å². The molecular formula is C12H13NaO. The zero-order valence-electron chi connectivity index (χ0n) is 9.00. The fourth-order valence-corrected chi connectivity index (χ4v) is 1.49. The summed E-state index contributed by atoms with van der Waals surface area (Å²) in [5, 5.41) is 10.3. The summed E-state index contributed by atoms with van der Waals surface area (Å²) in [6, 6.07) is 6.04. The zero-order chi connectivity index (χ0) is 9.84. The van der Waals surface area contributed by atoms with Crippen LogP contribution in [0.25, 0.3) is 5.57 Å². The molecule has 0 saturated carbocycles. The van der Waals surface area contributed by atoms with Crippen molar-refractivity contribution in [3.8, 4) is 0 Å². The van der Waals surface area contributed by atoms with Gasteiger partial charge in [0.2, 0.25) is 0 Å². The van der Waals surface area contributed by atoms with Gasteiger partial charge in [-0.25, -0.2) is 0 Å². The number of benzene rings is 1. The Morgan fingerprint density at radius 2 is 1.79 bits per heavy atom. The SMILES string of the molecule is C=C(/C=C/[O-])c1c(C)cccc1C.[Na+]. The Bertz CT molecular complexity index is 333. The average molecular weight is 196 g/mol. The molecule has 1 rings (SSSR count). The third kappa shape index (κ3) is 3.02. The van der Waals surface area contributed by atoms with Gasteiger partial charge in [0, 0.05) is 0 Å². The Labute approximate surface area is 107 Å². The Morgan fingerprint density at radius 1 is 1.29 bits per heavy atom. The first-order valence-electron chi connectivity index (χ1n) is 4.21. The van der Waals surface area contributed by atoms with Crippen LogP contribution < -0.4 is 34.7 Å². The van der Waals surface area contributed by atoms with Crippen LogP contribution in [0.2, 0.25) is 0 Å². The minimum absolute atomic E-state index is 0. The van der Waals surface area contributed by atoms with Gasteiger partial charge in [-0.15, -0.1) is 6.26 Å². The second kappa shape index (κ2) is 6.07. The first-order chi connectivity index (χ1) is 6.16. The van der Waals surface area contributed by atoms with Crippen LogP contribution in [0.5, 0.6) is 0 Å². The van der Waals surface area contributed by atoms with E-state index in [4.69, 9.17) is 0 Å². The van der Waals surface area contributed by atoms with Crippen molar-refractivity contribution in [2.45, 2.75) is 13.8 Å². The van der Waals surface area contributed by atoms with Gasteiger partial charge in [-0.05, 0) is 36.1 Å². The van der Waals surface area contributed by atoms with Gasteiger partial charge in [-0.2, -0.15) is 0 Å². The van der Waals surface area contributed by atoms with Gasteiger partial charge in [0.25, 0.3) is 0 Å². The van der Waals surface area contributed by atoms with E-state index in [2.05, 4.69) is 6.58 Å². The molecular weight excluding hydrogens is 183 g/mol. The van der Waals surface area contributed by atoms with Crippen LogP contribution in [0.4, 0.5) is 0 Å². The second-order valence-corrected chi connectivity index (χ2v) is 3.09. The number of allylic oxidation sites excluding steroid dienone is 2. The summed E-state index contributed by atoms with van der Waals surface area (Å²) in [4.78, 5) is 0. The molecule has 0 spiro atoms. The monoisotopic (exact) mass is 196 g/mol. The van der Waals surface area contributed by atoms with E-state index < -0.39 is 0 Å². The van der Waals surface area contributed by atoms with Crippen LogP contribution in [-0.4, -0.2) is 0 Å². The topological polar surface area (TPSA) is 23.1 Å². The Kier molecular flexibility index (Phi) is 5.86. The molecule has 1 aromatic rings. The van der Waals surface area contributed by atoms with Crippen molar-refractivity contribution in [2.24, 2.45) is 0 Å². The molecule has 0 N–H and O–H groups in total. The van der Waals surface area contributed by atoms with E-state index in [-0.39, 0.29) is 29.6 Å². The summed E-state index contributed by atoms with van der Waals surface area (Å²) in [7, 11) is 0. The standard InChI is InChI=1S/C12H14O.Na/c1-9-5-4-6-10(2)12(9)11(3)7-8-13;/h4-8,13H,3H2,1-2H3;/q;+1/p-1/b8-7+;. The summed E-state index contributed by atoms with van der Waals surface area (Å²) < 4.78 is 0. The van der Waals surface area contributed by atoms with E-state index in [9.17, 15) is 5.11 Å². The van der Waals surface area contributed by atoms with Crippen molar-refractivity contribution in [1.82, 2.24) is 0 Å². The minimum atomic E-state index is 0. The summed E-state index contributed by atoms with van der Waals surface area (Å²) >= 11 is 0. The molecule has 0 fully saturated rings. The van der Waals surface area contributed by atoms with Gasteiger partial charge < -0.3 is 5.11 Å². The van der Waals surface area contributed by atoms with E-state index in [0.717, 1.165) is 28.5 Å². The van der Waals surface area contributed by atoms with Crippen molar-refractivity contribution >= 4 is 5.57 Å². The van der Waals surface area contributed by atoms with Gasteiger partial charge in [0.05, 0.1) is 0 Å². The van der Waals surface area contributed by atoms with Crippen molar-refractivity contribution in [3.05, 3.63) is 53.8 Å². The third-order valence-corrected chi connectivity index (χ3v) is 2.07. The molecule has 0 aliphatic carbocycles. The Balaban J connectivity index is 0.00000169. The number of hydrogen-bond acceptors (Lipinski definition) is 1. The van der Waals surface area contributed by atoms with Gasteiger partial charge in [-0.3, -0.25) is 0 Å². The van der Waals surface area contributed by atoms with Crippen molar-refractivity contribution in [3.63, 3.8) is 0 Å². The fourth-order valence-electron chi connectivity index (χ4n) is 1.49. The number of hydrogen-bond donors (Lipinski definition) is 0. The van der Waals surface area contributed by atoms with Gasteiger partial charge >= 0.3 is 29.6 Å². The molecule has 1 nitrogen and oxygen atoms in total. The number of rotatable bonds is 2. The van der Waals surface area contributed by atoms with Crippen molar-refractivity contribution < 1.29 is 34.7 Å². The van der Waals surface area contributed by atoms with Crippen LogP contribution in [0.1, 0.15) is 16.7 Å². The van der Waals surface area contributed by atoms with Gasteiger partial charge in [0.1, 0.15) is 0 Å². The molecule has 2 heteroatoms. The average Bonchev–Trinajstić information content (AvgIpc) is 2.04. The van der Waals surface area contributed by atoms with E-state index >= 15 is 0 Å². The van der Waals surface area contributed by atoms with E-state index in [1.54, 1.807) is 0 Å². The predicted molar refractivity (Wildman–Crippen MR) is 54.1 cm³/mol. The normalized spacial score (nSPS) is 9.86. The first kappa shape index (κ1) is 13.5. The molecule has 0 atom stereocenters. The first-order valence-corrected chi connectivity index (χ1v) is 4.21. The van der Waals surface area contributed by atoms with Crippen LogP contribution >= 0.6 is 0 Å². The van der Waals surface area contributed by atoms with Crippen LogP contribution in [0.15, 0.2) is 37.1 Å². The molecule has 68 valence electrons. The van der Waals surface area contributed by atoms with Crippen molar-refractivity contribution in [2.75, 3.05) is 0 Å². The molecule has 14 heavy (non-hydrogen) atoms. The molecule has 0 heterocycles. The Morgan fingerprint density at radius 3 is 2.21 bits per heavy atom. The molecule has 0 aliphatic rings. The van der Waals surface area contributed by atoms with Gasteiger partial charge in [-0.1, -0.05) is 30.9 Å². The molecule has 0 amide bonds. The minimum Gasteiger partial charge on any atom is -0.878 e. The third-order valence-electron chi connectivity index (χ3n) is 2.07. The molecule has 0 saturated heterocycles. The van der Waals surface area contributed by atoms with E-state index in [1.165, 1.54) is 6.08 Å². The maximum absolute atomic E-state index is 10.3. The van der Waals surface area contributed by atoms with E-state index in [1.807, 2.05) is 32.0 Å². The molecule has 0 aromatic heterocycles. The maximum atomic E-state index is 10.3. The molecule has 0 unspecified atom stereocenters. The van der Waals surface area contributed by atoms with Crippen molar-refractivity contribution in [1.29, 1.82) is 0 Å². The summed E-state index contributed by atoms with van der Waals surface area (Å²) in [5.41, 5.74) is 4.17. The Hall–Kier alpha value is -0.500. The van der Waals surface area contributed by atoms with E-state index in [0.29, 0.717) is 0 Å². The quantitative estimate of drug-likeness (QED) is 0.345. The maximum Gasteiger partial charge on any atom is 1.00 e. The molecule has 1 aromatic carbocycles. The summed E-state index contributed by atoms with van der Waals surface area (Å²) in [5.74, 6) is 0. The van der Waals surface area contributed by atoms with Crippen LogP contribution in [0, 0.1) is 13.8 Å². The van der Waals surface area contributed by atoms with Crippen LogP contribution in [-0.2, 0) is 0 Å². The molecule has 0 radical (unpaired) electrons. The fraction of sp³-hybridized carbons (Fsp3) is 0.167. The number of aryl methyl sites for hydroxylation is 2. The summed E-state index contributed by atoms with van der Waals surface area (Å²) in [6.45, 7) is 7.89. The molecule has 0 bridgehead atoms. The van der Waals surface area contributed by atoms with Gasteiger partial charge in [0.15, 0.2) is 0 Å². The predicted octanol–water partition coefficient (Wildman–Crippen LogP) is -0.805. The largest absolute Gasteiger partial charge is 1.00 e. The summed E-state index contributed by atoms with van der Waals surface area (Å²) in [6.07, 6.45) is 2.27.